The monoisotopic (exact) mass is 345 g/mol. The van der Waals surface area contributed by atoms with Gasteiger partial charge < -0.3 is 4.52 Å². The first-order valence-electron chi connectivity index (χ1n) is 7.51. The molecule has 0 aliphatic heterocycles. The van der Waals surface area contributed by atoms with Gasteiger partial charge in [0.15, 0.2) is 11.5 Å². The van der Waals surface area contributed by atoms with Crippen LogP contribution in [-0.4, -0.2) is 36.8 Å². The highest BCUT2D eigenvalue weighted by Crippen LogP contribution is 2.23. The number of hydrogen-bond acceptors (Lipinski definition) is 6. The minimum atomic E-state index is -0.573. The number of carbonyl (C=O) groups excluding carboxylic acids is 1. The van der Waals surface area contributed by atoms with E-state index >= 15 is 0 Å². The lowest BCUT2D eigenvalue weighted by Crippen LogP contribution is -2.17. The third-order valence-corrected chi connectivity index (χ3v) is 3.71. The molecular formula is C15H16FN7O2. The van der Waals surface area contributed by atoms with Crippen molar-refractivity contribution in [2.45, 2.75) is 20.4 Å². The average Bonchev–Trinajstić information content (AvgIpc) is 3.29. The highest BCUT2D eigenvalue weighted by molar-refractivity contribution is 5.93. The molecule has 0 spiro atoms. The van der Waals surface area contributed by atoms with E-state index in [0.717, 1.165) is 11.3 Å². The van der Waals surface area contributed by atoms with Crippen molar-refractivity contribution in [3.8, 4) is 11.3 Å². The van der Waals surface area contributed by atoms with E-state index in [1.165, 1.54) is 23.2 Å². The summed E-state index contributed by atoms with van der Waals surface area (Å²) in [5.74, 6) is -0.664. The Labute approximate surface area is 142 Å². The van der Waals surface area contributed by atoms with E-state index in [-0.39, 0.29) is 11.3 Å². The first-order valence-corrected chi connectivity index (χ1v) is 7.51. The van der Waals surface area contributed by atoms with E-state index in [1.54, 1.807) is 24.9 Å². The highest BCUT2D eigenvalue weighted by atomic mass is 19.1. The number of nitrogens with zero attached hydrogens (tertiary/aromatic N) is 6. The Kier molecular flexibility index (Phi) is 4.42. The number of nitrogens with one attached hydrogen (secondary N) is 1. The van der Waals surface area contributed by atoms with Crippen LogP contribution in [0.1, 0.15) is 28.7 Å². The standard InChI is InChI=1S/C15H16FN7O2/c1-4-23-14(16)10(7-19-23)6-17-20-15(24)12-5-13(25-21-12)11-8-18-22(3)9(11)2/h5-8H,4H2,1-3H3,(H,20,24)/b17-6+. The first kappa shape index (κ1) is 16.6. The molecule has 0 saturated heterocycles. The fourth-order valence-corrected chi connectivity index (χ4v) is 2.16. The largest absolute Gasteiger partial charge is 0.355 e. The van der Waals surface area contributed by atoms with Gasteiger partial charge in [-0.2, -0.15) is 19.7 Å². The zero-order valence-electron chi connectivity index (χ0n) is 13.9. The summed E-state index contributed by atoms with van der Waals surface area (Å²) in [6, 6.07) is 1.49. The molecule has 1 amide bonds. The molecule has 3 aromatic heterocycles. The van der Waals surface area contributed by atoms with Gasteiger partial charge in [-0.3, -0.25) is 9.48 Å². The number of hydrazone groups is 1. The second-order valence-electron chi connectivity index (χ2n) is 5.25. The van der Waals surface area contributed by atoms with Crippen LogP contribution in [0.15, 0.2) is 28.1 Å². The molecule has 0 bridgehead atoms. The number of aromatic nitrogens is 5. The second kappa shape index (κ2) is 6.67. The lowest BCUT2D eigenvalue weighted by atomic mass is 10.2. The summed E-state index contributed by atoms with van der Waals surface area (Å²) >= 11 is 0. The van der Waals surface area contributed by atoms with Crippen molar-refractivity contribution in [2.24, 2.45) is 12.1 Å². The molecular weight excluding hydrogens is 329 g/mol. The summed E-state index contributed by atoms with van der Waals surface area (Å²) in [5.41, 5.74) is 4.12. The molecule has 10 heteroatoms. The van der Waals surface area contributed by atoms with Crippen molar-refractivity contribution < 1.29 is 13.7 Å². The molecule has 0 fully saturated rings. The minimum absolute atomic E-state index is 0.0557. The van der Waals surface area contributed by atoms with Gasteiger partial charge in [-0.05, 0) is 13.8 Å². The third-order valence-electron chi connectivity index (χ3n) is 3.71. The van der Waals surface area contributed by atoms with Crippen LogP contribution >= 0.6 is 0 Å². The number of halogens is 1. The number of amides is 1. The topological polar surface area (TPSA) is 103 Å². The Morgan fingerprint density at radius 1 is 1.44 bits per heavy atom. The maximum absolute atomic E-state index is 13.8. The maximum Gasteiger partial charge on any atom is 0.293 e. The lowest BCUT2D eigenvalue weighted by Gasteiger charge is -1.95. The zero-order chi connectivity index (χ0) is 18.0. The Bertz CT molecular complexity index is 938. The van der Waals surface area contributed by atoms with Crippen LogP contribution in [0.5, 0.6) is 0 Å². The van der Waals surface area contributed by atoms with E-state index in [2.05, 4.69) is 25.9 Å². The molecule has 0 atom stereocenters. The highest BCUT2D eigenvalue weighted by Gasteiger charge is 2.16. The molecule has 0 unspecified atom stereocenters. The van der Waals surface area contributed by atoms with Crippen LogP contribution in [0.2, 0.25) is 0 Å². The third kappa shape index (κ3) is 3.18. The van der Waals surface area contributed by atoms with E-state index in [1.807, 2.05) is 6.92 Å². The average molecular weight is 345 g/mol. The minimum Gasteiger partial charge on any atom is -0.355 e. The van der Waals surface area contributed by atoms with Gasteiger partial charge in [-0.15, -0.1) is 0 Å². The molecule has 3 heterocycles. The molecule has 25 heavy (non-hydrogen) atoms. The molecule has 3 aromatic rings. The van der Waals surface area contributed by atoms with Gasteiger partial charge in [0, 0.05) is 25.4 Å². The molecule has 0 radical (unpaired) electrons. The van der Waals surface area contributed by atoms with E-state index in [0.29, 0.717) is 12.3 Å². The van der Waals surface area contributed by atoms with Crippen LogP contribution in [0.3, 0.4) is 0 Å². The summed E-state index contributed by atoms with van der Waals surface area (Å²) in [6.45, 7) is 4.05. The summed E-state index contributed by atoms with van der Waals surface area (Å²) in [5, 5.41) is 15.4. The lowest BCUT2D eigenvalue weighted by molar-refractivity contribution is 0.0946. The van der Waals surface area contributed by atoms with E-state index in [9.17, 15) is 9.18 Å². The predicted molar refractivity (Wildman–Crippen MR) is 86.4 cm³/mol. The molecule has 0 saturated carbocycles. The van der Waals surface area contributed by atoms with E-state index < -0.39 is 11.9 Å². The predicted octanol–water partition coefficient (Wildman–Crippen LogP) is 1.50. The van der Waals surface area contributed by atoms with Crippen LogP contribution in [0.4, 0.5) is 4.39 Å². The number of hydrogen-bond donors (Lipinski definition) is 1. The van der Waals surface area contributed by atoms with Crippen molar-refractivity contribution in [3.05, 3.63) is 41.4 Å². The van der Waals surface area contributed by atoms with Gasteiger partial charge in [-0.25, -0.2) is 10.1 Å². The number of aryl methyl sites for hydroxylation is 2. The first-order chi connectivity index (χ1) is 12.0. The van der Waals surface area contributed by atoms with Crippen molar-refractivity contribution >= 4 is 12.1 Å². The van der Waals surface area contributed by atoms with Crippen molar-refractivity contribution in [3.63, 3.8) is 0 Å². The van der Waals surface area contributed by atoms with Crippen LogP contribution in [0, 0.1) is 12.9 Å². The van der Waals surface area contributed by atoms with Gasteiger partial charge in [0.1, 0.15) is 0 Å². The van der Waals surface area contributed by atoms with Crippen LogP contribution in [-0.2, 0) is 13.6 Å². The Hall–Kier alpha value is -3.30. The molecule has 3 rings (SSSR count). The second-order valence-corrected chi connectivity index (χ2v) is 5.25. The van der Waals surface area contributed by atoms with Crippen molar-refractivity contribution in [1.29, 1.82) is 0 Å². The van der Waals surface area contributed by atoms with Crippen LogP contribution < -0.4 is 5.43 Å². The number of rotatable bonds is 5. The van der Waals surface area contributed by atoms with Crippen molar-refractivity contribution in [2.75, 3.05) is 0 Å². The molecule has 0 aliphatic rings. The Morgan fingerprint density at radius 3 is 2.88 bits per heavy atom. The Balaban J connectivity index is 1.69. The molecule has 130 valence electrons. The fraction of sp³-hybridized carbons (Fsp3) is 0.267. The maximum atomic E-state index is 13.8. The molecule has 0 aliphatic carbocycles. The number of carbonyl (C=O) groups is 1. The molecule has 9 nitrogen and oxygen atoms in total. The quantitative estimate of drug-likeness (QED) is 0.557. The van der Waals surface area contributed by atoms with Gasteiger partial charge >= 0.3 is 0 Å². The summed E-state index contributed by atoms with van der Waals surface area (Å²) in [4.78, 5) is 12.0. The Morgan fingerprint density at radius 2 is 2.24 bits per heavy atom. The fourth-order valence-electron chi connectivity index (χ4n) is 2.16. The van der Waals surface area contributed by atoms with E-state index in [4.69, 9.17) is 4.52 Å². The smallest absolute Gasteiger partial charge is 0.293 e. The molecule has 1 N–H and O–H groups in total. The van der Waals surface area contributed by atoms with Gasteiger partial charge in [0.05, 0.1) is 29.7 Å². The van der Waals surface area contributed by atoms with Crippen LogP contribution in [0.25, 0.3) is 11.3 Å². The summed E-state index contributed by atoms with van der Waals surface area (Å²) in [7, 11) is 1.80. The normalized spacial score (nSPS) is 11.4. The summed E-state index contributed by atoms with van der Waals surface area (Å²) < 4.78 is 21.8. The molecule has 0 aromatic carbocycles. The zero-order valence-corrected chi connectivity index (χ0v) is 13.9. The van der Waals surface area contributed by atoms with Gasteiger partial charge in [0.25, 0.3) is 5.91 Å². The van der Waals surface area contributed by atoms with Gasteiger partial charge in [-0.1, -0.05) is 5.16 Å². The summed E-state index contributed by atoms with van der Waals surface area (Å²) in [6.07, 6.45) is 4.14. The van der Waals surface area contributed by atoms with Crippen molar-refractivity contribution in [1.82, 2.24) is 30.1 Å². The van der Waals surface area contributed by atoms with Gasteiger partial charge in [0.2, 0.25) is 5.95 Å². The SMILES string of the molecule is CCn1ncc(/C=N/NC(=O)c2cc(-c3cnn(C)c3C)on2)c1F.